The molecule has 4 nitrogen and oxygen atoms in total. The molecule has 7 heteroatoms. The van der Waals surface area contributed by atoms with Crippen molar-refractivity contribution < 1.29 is 13.5 Å². The second-order valence-electron chi connectivity index (χ2n) is 5.97. The highest BCUT2D eigenvalue weighted by Crippen LogP contribution is 2.31. The summed E-state index contributed by atoms with van der Waals surface area (Å²) in [4.78, 5) is -0.0683. The van der Waals surface area contributed by atoms with E-state index in [0.717, 1.165) is 0 Å². The SMILES string of the molecule is O=S(=O)(NC(c1ccccc1)C(O)c1ccccc1)c1cc(Cl)cc(Cl)c1. The summed E-state index contributed by atoms with van der Waals surface area (Å²) in [5.41, 5.74) is 1.23. The van der Waals surface area contributed by atoms with Crippen LogP contribution in [0.4, 0.5) is 0 Å². The largest absolute Gasteiger partial charge is 0.386 e. The maximum absolute atomic E-state index is 12.9. The lowest BCUT2D eigenvalue weighted by Gasteiger charge is -2.25. The summed E-state index contributed by atoms with van der Waals surface area (Å²) in [7, 11) is -3.98. The van der Waals surface area contributed by atoms with Crippen LogP contribution in [0.15, 0.2) is 83.8 Å². The van der Waals surface area contributed by atoms with E-state index in [1.807, 2.05) is 12.1 Å². The third kappa shape index (κ3) is 4.89. The Morgan fingerprint density at radius 3 is 1.78 bits per heavy atom. The van der Waals surface area contributed by atoms with Crippen LogP contribution in [0.25, 0.3) is 0 Å². The van der Waals surface area contributed by atoms with Gasteiger partial charge in [0.15, 0.2) is 0 Å². The van der Waals surface area contributed by atoms with Crippen molar-refractivity contribution in [2.45, 2.75) is 17.0 Å². The van der Waals surface area contributed by atoms with Gasteiger partial charge in [0.25, 0.3) is 0 Å². The first-order chi connectivity index (χ1) is 12.9. The molecule has 0 aromatic heterocycles. The molecule has 2 N–H and O–H groups in total. The highest BCUT2D eigenvalue weighted by Gasteiger charge is 2.28. The average molecular weight is 422 g/mol. The van der Waals surface area contributed by atoms with Gasteiger partial charge in [0.1, 0.15) is 0 Å². The number of rotatable bonds is 6. The first-order valence-corrected chi connectivity index (χ1v) is 10.4. The zero-order valence-electron chi connectivity index (χ0n) is 14.1. The molecule has 3 aromatic rings. The molecule has 2 atom stereocenters. The lowest BCUT2D eigenvalue weighted by Crippen LogP contribution is -2.32. The first kappa shape index (κ1) is 19.9. The highest BCUT2D eigenvalue weighted by atomic mass is 35.5. The summed E-state index contributed by atoms with van der Waals surface area (Å²) in [5.74, 6) is 0. The molecule has 0 heterocycles. The molecule has 0 aliphatic carbocycles. The average Bonchev–Trinajstić information content (AvgIpc) is 2.66. The summed E-state index contributed by atoms with van der Waals surface area (Å²) >= 11 is 11.9. The van der Waals surface area contributed by atoms with Gasteiger partial charge in [0.05, 0.1) is 17.0 Å². The standard InChI is InChI=1S/C20H17Cl2NO3S/c21-16-11-17(22)13-18(12-16)27(25,26)23-19(14-7-3-1-4-8-14)20(24)15-9-5-2-6-10-15/h1-13,19-20,23-24H. The van der Waals surface area contributed by atoms with Gasteiger partial charge in [0, 0.05) is 10.0 Å². The van der Waals surface area contributed by atoms with E-state index in [-0.39, 0.29) is 14.9 Å². The highest BCUT2D eigenvalue weighted by molar-refractivity contribution is 7.89. The second-order valence-corrected chi connectivity index (χ2v) is 8.56. The Hall–Kier alpha value is -1.89. The van der Waals surface area contributed by atoms with Gasteiger partial charge in [0.2, 0.25) is 10.0 Å². The molecule has 0 aliphatic heterocycles. The minimum Gasteiger partial charge on any atom is -0.386 e. The minimum absolute atomic E-state index is 0.0683. The Morgan fingerprint density at radius 2 is 1.26 bits per heavy atom. The van der Waals surface area contributed by atoms with E-state index in [4.69, 9.17) is 23.2 Å². The first-order valence-electron chi connectivity index (χ1n) is 8.13. The number of aliphatic hydroxyl groups excluding tert-OH is 1. The molecule has 27 heavy (non-hydrogen) atoms. The summed E-state index contributed by atoms with van der Waals surface area (Å²) in [6.45, 7) is 0. The molecular weight excluding hydrogens is 405 g/mol. The normalized spacial score (nSPS) is 13.9. The predicted molar refractivity (Wildman–Crippen MR) is 107 cm³/mol. The molecule has 0 aliphatic rings. The van der Waals surface area contributed by atoms with E-state index in [1.54, 1.807) is 48.5 Å². The van der Waals surface area contributed by atoms with Crippen LogP contribution >= 0.6 is 23.2 Å². The van der Waals surface area contributed by atoms with Crippen molar-refractivity contribution in [1.29, 1.82) is 0 Å². The molecule has 0 radical (unpaired) electrons. The molecule has 0 saturated heterocycles. The lowest BCUT2D eigenvalue weighted by molar-refractivity contribution is 0.139. The van der Waals surface area contributed by atoms with Crippen LogP contribution in [0.2, 0.25) is 10.0 Å². The van der Waals surface area contributed by atoms with E-state index in [0.29, 0.717) is 11.1 Å². The fourth-order valence-corrected chi connectivity index (χ4v) is 4.69. The number of halogens is 2. The Labute approximate surface area is 168 Å². The van der Waals surface area contributed by atoms with E-state index in [9.17, 15) is 13.5 Å². The van der Waals surface area contributed by atoms with Crippen molar-refractivity contribution in [2.75, 3.05) is 0 Å². The summed E-state index contributed by atoms with van der Waals surface area (Å²) in [6, 6.07) is 21.0. The number of benzene rings is 3. The topological polar surface area (TPSA) is 66.4 Å². The van der Waals surface area contributed by atoms with Gasteiger partial charge in [-0.1, -0.05) is 83.9 Å². The zero-order chi connectivity index (χ0) is 19.4. The van der Waals surface area contributed by atoms with Gasteiger partial charge >= 0.3 is 0 Å². The van der Waals surface area contributed by atoms with Crippen LogP contribution in [-0.4, -0.2) is 13.5 Å². The van der Waals surface area contributed by atoms with E-state index in [2.05, 4.69) is 4.72 Å². The number of aliphatic hydroxyl groups is 1. The minimum atomic E-state index is -3.98. The Bertz CT molecular complexity index is 992. The summed E-state index contributed by atoms with van der Waals surface area (Å²) < 4.78 is 28.4. The van der Waals surface area contributed by atoms with Crippen molar-refractivity contribution in [3.63, 3.8) is 0 Å². The van der Waals surface area contributed by atoms with E-state index >= 15 is 0 Å². The maximum atomic E-state index is 12.9. The third-order valence-corrected chi connectivity index (χ3v) is 5.90. The van der Waals surface area contributed by atoms with Crippen LogP contribution in [0, 0.1) is 0 Å². The Morgan fingerprint density at radius 1 is 0.778 bits per heavy atom. The molecule has 2 unspecified atom stereocenters. The molecule has 0 spiro atoms. The summed E-state index contributed by atoms with van der Waals surface area (Å²) in [5, 5.41) is 11.3. The third-order valence-electron chi connectivity index (χ3n) is 4.04. The second kappa shape index (κ2) is 8.42. The number of hydrogen-bond acceptors (Lipinski definition) is 3. The number of nitrogens with one attached hydrogen (secondary N) is 1. The number of sulfonamides is 1. The quantitative estimate of drug-likeness (QED) is 0.603. The van der Waals surface area contributed by atoms with Crippen molar-refractivity contribution in [1.82, 2.24) is 4.72 Å². The van der Waals surface area contributed by atoms with Gasteiger partial charge in [-0.15, -0.1) is 0 Å². The van der Waals surface area contributed by atoms with Gasteiger partial charge in [-0.25, -0.2) is 13.1 Å². The van der Waals surface area contributed by atoms with Crippen LogP contribution < -0.4 is 4.72 Å². The molecule has 140 valence electrons. The van der Waals surface area contributed by atoms with Gasteiger partial charge in [-0.2, -0.15) is 0 Å². The molecule has 0 saturated carbocycles. The van der Waals surface area contributed by atoms with Crippen molar-refractivity contribution in [2.24, 2.45) is 0 Å². The maximum Gasteiger partial charge on any atom is 0.241 e. The fraction of sp³-hybridized carbons (Fsp3) is 0.100. The van der Waals surface area contributed by atoms with E-state index < -0.39 is 22.2 Å². The van der Waals surface area contributed by atoms with Gasteiger partial charge < -0.3 is 5.11 Å². The molecule has 0 amide bonds. The monoisotopic (exact) mass is 421 g/mol. The van der Waals surface area contributed by atoms with Crippen LogP contribution in [0.5, 0.6) is 0 Å². The van der Waals surface area contributed by atoms with Gasteiger partial charge in [-0.3, -0.25) is 0 Å². The molecular formula is C20H17Cl2NO3S. The van der Waals surface area contributed by atoms with Crippen molar-refractivity contribution >= 4 is 33.2 Å². The predicted octanol–water partition coefficient (Wildman–Crippen LogP) is 4.75. The smallest absolute Gasteiger partial charge is 0.241 e. The molecule has 0 fully saturated rings. The fourth-order valence-electron chi connectivity index (χ4n) is 2.74. The Balaban J connectivity index is 2.01. The van der Waals surface area contributed by atoms with Crippen molar-refractivity contribution in [3.8, 4) is 0 Å². The Kier molecular flexibility index (Phi) is 6.19. The molecule has 3 rings (SSSR count). The number of hydrogen-bond donors (Lipinski definition) is 2. The zero-order valence-corrected chi connectivity index (χ0v) is 16.4. The van der Waals surface area contributed by atoms with Crippen LogP contribution in [-0.2, 0) is 10.0 Å². The van der Waals surface area contributed by atoms with Crippen LogP contribution in [0.3, 0.4) is 0 Å². The van der Waals surface area contributed by atoms with Crippen molar-refractivity contribution in [3.05, 3.63) is 100 Å². The summed E-state index contributed by atoms with van der Waals surface area (Å²) in [6.07, 6.45) is -1.09. The van der Waals surface area contributed by atoms with E-state index in [1.165, 1.54) is 18.2 Å². The van der Waals surface area contributed by atoms with Gasteiger partial charge in [-0.05, 0) is 29.3 Å². The molecule has 0 bridgehead atoms. The lowest BCUT2D eigenvalue weighted by atomic mass is 9.97. The van der Waals surface area contributed by atoms with Crippen LogP contribution in [0.1, 0.15) is 23.3 Å². The molecule has 3 aromatic carbocycles.